The van der Waals surface area contributed by atoms with Crippen molar-refractivity contribution in [3.63, 3.8) is 0 Å². The molecule has 0 fully saturated rings. The summed E-state index contributed by atoms with van der Waals surface area (Å²) in [6.07, 6.45) is 0.391. The van der Waals surface area contributed by atoms with E-state index in [0.29, 0.717) is 18.9 Å². The predicted octanol–water partition coefficient (Wildman–Crippen LogP) is 3.32. The molecule has 0 spiro atoms. The molecule has 4 heteroatoms. The van der Waals surface area contributed by atoms with E-state index in [-0.39, 0.29) is 5.91 Å². The molecule has 0 bridgehead atoms. The third-order valence-electron chi connectivity index (χ3n) is 4.14. The van der Waals surface area contributed by atoms with Gasteiger partial charge in [-0.1, -0.05) is 38.1 Å². The van der Waals surface area contributed by atoms with Gasteiger partial charge in [-0.2, -0.15) is 5.10 Å². The van der Waals surface area contributed by atoms with Crippen LogP contribution in [0.25, 0.3) is 0 Å². The van der Waals surface area contributed by atoms with Gasteiger partial charge >= 0.3 is 0 Å². The number of carbonyl (C=O) groups is 1. The molecule has 0 unspecified atom stereocenters. The van der Waals surface area contributed by atoms with Gasteiger partial charge < -0.3 is 5.32 Å². The fraction of sp³-hybridized carbons (Fsp3) is 0.474. The van der Waals surface area contributed by atoms with Gasteiger partial charge in [0.2, 0.25) is 5.91 Å². The maximum atomic E-state index is 12.3. The minimum Gasteiger partial charge on any atom is -0.352 e. The van der Waals surface area contributed by atoms with E-state index in [2.05, 4.69) is 37.3 Å². The van der Waals surface area contributed by atoms with Gasteiger partial charge in [0, 0.05) is 24.3 Å². The van der Waals surface area contributed by atoms with Gasteiger partial charge in [-0.3, -0.25) is 9.48 Å². The Morgan fingerprint density at radius 3 is 2.57 bits per heavy atom. The maximum absolute atomic E-state index is 12.3. The van der Waals surface area contributed by atoms with Gasteiger partial charge in [-0.25, -0.2) is 0 Å². The summed E-state index contributed by atoms with van der Waals surface area (Å²) in [5.41, 5.74) is 5.46. The molecule has 124 valence electrons. The molecular formula is C19H27N3O. The molecule has 0 saturated heterocycles. The van der Waals surface area contributed by atoms with Gasteiger partial charge in [-0.15, -0.1) is 0 Å². The number of rotatable bonds is 6. The second-order valence-corrected chi connectivity index (χ2v) is 6.61. The summed E-state index contributed by atoms with van der Waals surface area (Å²) in [6.45, 7) is 11.9. The van der Waals surface area contributed by atoms with E-state index in [9.17, 15) is 4.79 Å². The van der Waals surface area contributed by atoms with E-state index in [4.69, 9.17) is 0 Å². The third kappa shape index (κ3) is 4.44. The summed E-state index contributed by atoms with van der Waals surface area (Å²) in [7, 11) is 0. The lowest BCUT2D eigenvalue weighted by Crippen LogP contribution is -2.25. The quantitative estimate of drug-likeness (QED) is 0.889. The Hall–Kier alpha value is -2.10. The zero-order chi connectivity index (χ0) is 17.0. The van der Waals surface area contributed by atoms with Gasteiger partial charge in [0.1, 0.15) is 0 Å². The number of hydrogen-bond acceptors (Lipinski definition) is 2. The number of aryl methyl sites for hydroxylation is 2. The lowest BCUT2D eigenvalue weighted by atomic mass is 10.1. The smallest absolute Gasteiger partial charge is 0.224 e. The number of carbonyl (C=O) groups excluding carboxylic acids is 1. The van der Waals surface area contributed by atoms with Crippen LogP contribution in [0.3, 0.4) is 0 Å². The molecule has 0 aliphatic rings. The summed E-state index contributed by atoms with van der Waals surface area (Å²) in [4.78, 5) is 12.3. The van der Waals surface area contributed by atoms with Gasteiger partial charge in [0.25, 0.3) is 0 Å². The van der Waals surface area contributed by atoms with Crippen molar-refractivity contribution >= 4 is 5.91 Å². The molecular weight excluding hydrogens is 286 g/mol. The first-order valence-electron chi connectivity index (χ1n) is 8.22. The van der Waals surface area contributed by atoms with Crippen molar-refractivity contribution in [3.05, 3.63) is 52.3 Å². The van der Waals surface area contributed by atoms with Crippen LogP contribution in [0.5, 0.6) is 0 Å². The molecule has 1 N–H and O–H groups in total. The topological polar surface area (TPSA) is 46.9 Å². The number of nitrogens with zero attached hydrogens (tertiary/aromatic N) is 2. The molecule has 2 rings (SSSR count). The van der Waals surface area contributed by atoms with Crippen molar-refractivity contribution in [2.75, 3.05) is 0 Å². The first kappa shape index (κ1) is 17.3. The SMILES string of the molecule is Cc1ccccc1CNC(=O)Cc1c(C)nn(CC(C)C)c1C. The summed E-state index contributed by atoms with van der Waals surface area (Å²) in [5, 5.41) is 7.59. The minimum atomic E-state index is 0.0450. The first-order valence-corrected chi connectivity index (χ1v) is 8.22. The lowest BCUT2D eigenvalue weighted by molar-refractivity contribution is -0.120. The Morgan fingerprint density at radius 1 is 1.22 bits per heavy atom. The normalized spacial score (nSPS) is 11.0. The van der Waals surface area contributed by atoms with Crippen LogP contribution in [0, 0.1) is 26.7 Å². The monoisotopic (exact) mass is 313 g/mol. The second kappa shape index (κ2) is 7.44. The summed E-state index contributed by atoms with van der Waals surface area (Å²) in [6, 6.07) is 8.12. The predicted molar refractivity (Wildman–Crippen MR) is 93.3 cm³/mol. The van der Waals surface area contributed by atoms with E-state index in [1.54, 1.807) is 0 Å². The zero-order valence-corrected chi connectivity index (χ0v) is 14.8. The first-order chi connectivity index (χ1) is 10.9. The van der Waals surface area contributed by atoms with Crippen molar-refractivity contribution in [2.45, 2.75) is 54.1 Å². The van der Waals surface area contributed by atoms with Gasteiger partial charge in [0.15, 0.2) is 0 Å². The number of aromatic nitrogens is 2. The molecule has 0 saturated carbocycles. The fourth-order valence-corrected chi connectivity index (χ4v) is 2.74. The standard InChI is InChI=1S/C19H27N3O/c1-13(2)12-22-16(5)18(15(4)21-22)10-19(23)20-11-17-9-7-6-8-14(17)3/h6-9,13H,10-12H2,1-5H3,(H,20,23). The third-order valence-corrected chi connectivity index (χ3v) is 4.14. The molecule has 1 aromatic heterocycles. The van der Waals surface area contributed by atoms with Crippen LogP contribution >= 0.6 is 0 Å². The lowest BCUT2D eigenvalue weighted by Gasteiger charge is -2.09. The summed E-state index contributed by atoms with van der Waals surface area (Å²) >= 11 is 0. The Kier molecular flexibility index (Phi) is 5.59. The van der Waals surface area contributed by atoms with Gasteiger partial charge in [0.05, 0.1) is 12.1 Å². The molecule has 1 amide bonds. The Morgan fingerprint density at radius 2 is 1.91 bits per heavy atom. The fourth-order valence-electron chi connectivity index (χ4n) is 2.74. The van der Waals surface area contributed by atoms with Crippen molar-refractivity contribution in [1.29, 1.82) is 0 Å². The molecule has 0 aliphatic heterocycles. The molecule has 0 aliphatic carbocycles. The van der Waals surface area contributed by atoms with Crippen molar-refractivity contribution in [3.8, 4) is 0 Å². The second-order valence-electron chi connectivity index (χ2n) is 6.61. The average Bonchev–Trinajstić information content (AvgIpc) is 2.73. The van der Waals surface area contributed by atoms with E-state index in [0.717, 1.165) is 29.1 Å². The number of nitrogens with one attached hydrogen (secondary N) is 1. The number of benzene rings is 1. The Balaban J connectivity index is 2.00. The zero-order valence-electron chi connectivity index (χ0n) is 14.8. The molecule has 0 radical (unpaired) electrons. The van der Waals surface area contributed by atoms with Crippen LogP contribution in [-0.2, 0) is 24.3 Å². The minimum absolute atomic E-state index is 0.0450. The van der Waals surface area contributed by atoms with Gasteiger partial charge in [-0.05, 0) is 37.8 Å². The van der Waals surface area contributed by atoms with Crippen LogP contribution < -0.4 is 5.32 Å². The molecule has 1 aromatic carbocycles. The number of hydrogen-bond donors (Lipinski definition) is 1. The maximum Gasteiger partial charge on any atom is 0.224 e. The molecule has 4 nitrogen and oxygen atoms in total. The van der Waals surface area contributed by atoms with Crippen molar-refractivity contribution in [2.24, 2.45) is 5.92 Å². The summed E-state index contributed by atoms with van der Waals surface area (Å²) in [5.74, 6) is 0.583. The largest absolute Gasteiger partial charge is 0.352 e. The molecule has 1 heterocycles. The van der Waals surface area contributed by atoms with E-state index in [1.807, 2.05) is 36.7 Å². The van der Waals surface area contributed by atoms with E-state index < -0.39 is 0 Å². The van der Waals surface area contributed by atoms with Crippen molar-refractivity contribution in [1.82, 2.24) is 15.1 Å². The summed E-state index contributed by atoms with van der Waals surface area (Å²) < 4.78 is 2.02. The van der Waals surface area contributed by atoms with E-state index >= 15 is 0 Å². The Bertz CT molecular complexity index is 686. The highest BCUT2D eigenvalue weighted by atomic mass is 16.1. The van der Waals surface area contributed by atoms with Crippen LogP contribution in [-0.4, -0.2) is 15.7 Å². The average molecular weight is 313 g/mol. The molecule has 2 aromatic rings. The van der Waals surface area contributed by atoms with Crippen LogP contribution in [0.15, 0.2) is 24.3 Å². The molecule has 0 atom stereocenters. The van der Waals surface area contributed by atoms with Crippen LogP contribution in [0.2, 0.25) is 0 Å². The van der Waals surface area contributed by atoms with Crippen molar-refractivity contribution < 1.29 is 4.79 Å². The molecule has 23 heavy (non-hydrogen) atoms. The highest BCUT2D eigenvalue weighted by Gasteiger charge is 2.15. The highest BCUT2D eigenvalue weighted by Crippen LogP contribution is 2.15. The van der Waals surface area contributed by atoms with Crippen LogP contribution in [0.1, 0.15) is 41.9 Å². The highest BCUT2D eigenvalue weighted by molar-refractivity contribution is 5.79. The number of amides is 1. The van der Waals surface area contributed by atoms with Crippen LogP contribution in [0.4, 0.5) is 0 Å². The van der Waals surface area contributed by atoms with E-state index in [1.165, 1.54) is 5.56 Å². The Labute approximate surface area is 138 Å².